The lowest BCUT2D eigenvalue weighted by Crippen LogP contribution is -2.45. The number of nitrogens with zero attached hydrogens (tertiary/aromatic N) is 2. The number of benzene rings is 2. The van der Waals surface area contributed by atoms with E-state index < -0.39 is 0 Å². The number of hydrogen-bond acceptors (Lipinski definition) is 3. The van der Waals surface area contributed by atoms with Crippen LogP contribution in [0.2, 0.25) is 0 Å². The minimum Gasteiger partial charge on any atom is -0.369 e. The highest BCUT2D eigenvalue weighted by molar-refractivity contribution is 14.0. The van der Waals surface area contributed by atoms with Gasteiger partial charge in [-0.2, -0.15) is 0 Å². The molecule has 2 aromatic rings. The molecule has 0 spiro atoms. The summed E-state index contributed by atoms with van der Waals surface area (Å²) in [6.07, 6.45) is 1.91. The average molecular weight is 507 g/mol. The van der Waals surface area contributed by atoms with Crippen molar-refractivity contribution in [2.45, 2.75) is 18.9 Å². The summed E-state index contributed by atoms with van der Waals surface area (Å²) in [6, 6.07) is 18.6. The molecule has 0 aromatic heterocycles. The number of carbonyl (C=O) groups is 1. The largest absolute Gasteiger partial charge is 0.369 e. The van der Waals surface area contributed by atoms with Crippen molar-refractivity contribution in [1.29, 1.82) is 0 Å². The predicted molar refractivity (Wildman–Crippen MR) is 131 cm³/mol. The Hall–Kier alpha value is -2.29. The van der Waals surface area contributed by atoms with Crippen LogP contribution < -0.4 is 20.9 Å². The molecular weight excluding hydrogens is 477 g/mol. The van der Waals surface area contributed by atoms with E-state index in [1.165, 1.54) is 5.69 Å². The molecule has 29 heavy (non-hydrogen) atoms. The van der Waals surface area contributed by atoms with Crippen molar-refractivity contribution in [2.75, 3.05) is 38.6 Å². The normalized spacial score (nSPS) is 16.1. The maximum Gasteiger partial charge on any atom is 0.251 e. The zero-order chi connectivity index (χ0) is 19.8. The highest BCUT2D eigenvalue weighted by Gasteiger charge is 2.23. The number of nitrogens with one attached hydrogen (secondary N) is 3. The molecule has 0 aliphatic carbocycles. The molecule has 1 atom stereocenters. The number of rotatable bonds is 6. The van der Waals surface area contributed by atoms with E-state index in [9.17, 15) is 4.79 Å². The topological polar surface area (TPSA) is 68.8 Å². The average Bonchev–Trinajstić information content (AvgIpc) is 3.22. The van der Waals surface area contributed by atoms with Gasteiger partial charge in [-0.15, -0.1) is 24.0 Å². The van der Waals surface area contributed by atoms with Gasteiger partial charge in [0.2, 0.25) is 0 Å². The van der Waals surface area contributed by atoms with Gasteiger partial charge in [-0.25, -0.2) is 0 Å². The van der Waals surface area contributed by atoms with Crippen LogP contribution in [0.25, 0.3) is 0 Å². The Morgan fingerprint density at radius 2 is 1.97 bits per heavy atom. The summed E-state index contributed by atoms with van der Waals surface area (Å²) in [7, 11) is 3.44. The number of guanidine groups is 1. The van der Waals surface area contributed by atoms with Crippen LogP contribution in [-0.2, 0) is 6.42 Å². The van der Waals surface area contributed by atoms with Gasteiger partial charge in [0.15, 0.2) is 5.96 Å². The fraction of sp³-hybridized carbons (Fsp3) is 0.364. The Morgan fingerprint density at radius 3 is 2.69 bits per heavy atom. The summed E-state index contributed by atoms with van der Waals surface area (Å²) >= 11 is 0. The van der Waals surface area contributed by atoms with Gasteiger partial charge in [-0.3, -0.25) is 9.79 Å². The number of hydrogen-bond donors (Lipinski definition) is 3. The minimum absolute atomic E-state index is 0. The fourth-order valence-electron chi connectivity index (χ4n) is 3.48. The van der Waals surface area contributed by atoms with Crippen LogP contribution in [0.4, 0.5) is 5.69 Å². The second kappa shape index (κ2) is 11.6. The van der Waals surface area contributed by atoms with Gasteiger partial charge < -0.3 is 20.9 Å². The zero-order valence-corrected chi connectivity index (χ0v) is 19.4. The van der Waals surface area contributed by atoms with Gasteiger partial charge in [0.05, 0.1) is 0 Å². The quantitative estimate of drug-likeness (QED) is 0.320. The molecule has 1 aliphatic rings. The summed E-state index contributed by atoms with van der Waals surface area (Å²) in [5.74, 6) is 0.763. The van der Waals surface area contributed by atoms with Crippen LogP contribution in [0.1, 0.15) is 22.3 Å². The van der Waals surface area contributed by atoms with E-state index in [1.807, 2.05) is 30.3 Å². The molecule has 1 saturated heterocycles. The Morgan fingerprint density at radius 1 is 1.17 bits per heavy atom. The van der Waals surface area contributed by atoms with Crippen molar-refractivity contribution >= 4 is 41.5 Å². The summed E-state index contributed by atoms with van der Waals surface area (Å²) in [6.45, 7) is 2.77. The number of amides is 1. The molecule has 1 fully saturated rings. The van der Waals surface area contributed by atoms with E-state index in [4.69, 9.17) is 0 Å². The van der Waals surface area contributed by atoms with E-state index in [0.29, 0.717) is 11.6 Å². The Balaban J connectivity index is 0.00000300. The Kier molecular flexibility index (Phi) is 9.24. The van der Waals surface area contributed by atoms with Gasteiger partial charge in [-0.1, -0.05) is 30.3 Å². The molecule has 0 bridgehead atoms. The first-order valence-corrected chi connectivity index (χ1v) is 9.78. The smallest absolute Gasteiger partial charge is 0.251 e. The third-order valence-corrected chi connectivity index (χ3v) is 5.00. The number of halogens is 1. The summed E-state index contributed by atoms with van der Waals surface area (Å²) in [5.41, 5.74) is 3.08. The number of para-hydroxylation sites is 1. The zero-order valence-electron chi connectivity index (χ0n) is 17.0. The molecule has 7 heteroatoms. The molecular formula is C22H30IN5O. The van der Waals surface area contributed by atoms with E-state index in [1.54, 1.807) is 14.1 Å². The minimum atomic E-state index is -0.0588. The summed E-state index contributed by atoms with van der Waals surface area (Å²) < 4.78 is 0. The number of anilines is 1. The third-order valence-electron chi connectivity index (χ3n) is 5.00. The fourth-order valence-corrected chi connectivity index (χ4v) is 3.48. The molecule has 2 aromatic carbocycles. The molecule has 1 unspecified atom stereocenters. The first-order valence-electron chi connectivity index (χ1n) is 9.78. The van der Waals surface area contributed by atoms with Crippen molar-refractivity contribution < 1.29 is 4.79 Å². The second-order valence-electron chi connectivity index (χ2n) is 6.94. The molecule has 6 nitrogen and oxygen atoms in total. The lowest BCUT2D eigenvalue weighted by atomic mass is 10.1. The summed E-state index contributed by atoms with van der Waals surface area (Å²) in [4.78, 5) is 18.5. The highest BCUT2D eigenvalue weighted by Crippen LogP contribution is 2.19. The van der Waals surface area contributed by atoms with E-state index in [-0.39, 0.29) is 29.9 Å². The monoisotopic (exact) mass is 507 g/mol. The SMILES string of the molecule is CN=C(NCCc1cccc(C(=O)NC)c1)NC1CCN(c2ccccc2)C1.I. The first-order chi connectivity index (χ1) is 13.7. The van der Waals surface area contributed by atoms with Crippen LogP contribution in [-0.4, -0.2) is 51.6 Å². The van der Waals surface area contributed by atoms with E-state index >= 15 is 0 Å². The maximum atomic E-state index is 11.8. The maximum absolute atomic E-state index is 11.8. The molecule has 1 amide bonds. The van der Waals surface area contributed by atoms with Gasteiger partial charge in [-0.05, 0) is 42.7 Å². The van der Waals surface area contributed by atoms with Crippen molar-refractivity contribution in [3.05, 3.63) is 65.7 Å². The summed E-state index contributed by atoms with van der Waals surface area (Å²) in [5, 5.41) is 9.57. The van der Waals surface area contributed by atoms with Crippen LogP contribution in [0.15, 0.2) is 59.6 Å². The van der Waals surface area contributed by atoms with Crippen LogP contribution in [0, 0.1) is 0 Å². The van der Waals surface area contributed by atoms with Crippen molar-refractivity contribution in [2.24, 2.45) is 4.99 Å². The van der Waals surface area contributed by atoms with Gasteiger partial charge in [0.1, 0.15) is 0 Å². The molecule has 0 saturated carbocycles. The molecule has 3 N–H and O–H groups in total. The first kappa shape index (κ1) is 23.0. The highest BCUT2D eigenvalue weighted by atomic mass is 127. The van der Waals surface area contributed by atoms with E-state index in [0.717, 1.165) is 44.0 Å². The van der Waals surface area contributed by atoms with Crippen LogP contribution in [0.3, 0.4) is 0 Å². The Bertz CT molecular complexity index is 812. The number of aliphatic imine (C=N–C) groups is 1. The molecule has 1 aliphatic heterocycles. The van der Waals surface area contributed by atoms with Crippen LogP contribution in [0.5, 0.6) is 0 Å². The molecule has 156 valence electrons. The second-order valence-corrected chi connectivity index (χ2v) is 6.94. The number of carbonyl (C=O) groups excluding carboxylic acids is 1. The van der Waals surface area contributed by atoms with Crippen LogP contribution >= 0.6 is 24.0 Å². The van der Waals surface area contributed by atoms with Crippen molar-refractivity contribution in [1.82, 2.24) is 16.0 Å². The predicted octanol–water partition coefficient (Wildman–Crippen LogP) is 2.65. The van der Waals surface area contributed by atoms with Gasteiger partial charge in [0, 0.05) is 51.0 Å². The molecule has 3 rings (SSSR count). The van der Waals surface area contributed by atoms with E-state index in [2.05, 4.69) is 50.1 Å². The van der Waals surface area contributed by atoms with Crippen molar-refractivity contribution in [3.8, 4) is 0 Å². The lowest BCUT2D eigenvalue weighted by Gasteiger charge is -2.20. The lowest BCUT2D eigenvalue weighted by molar-refractivity contribution is 0.0963. The standard InChI is InChI=1S/C22H29N5O.HI/c1-23-21(28)18-8-6-7-17(15-18)11-13-25-22(24-2)26-19-12-14-27(16-19)20-9-4-3-5-10-20;/h3-10,15,19H,11-14,16H2,1-2H3,(H,23,28)(H2,24,25,26);1H. The van der Waals surface area contributed by atoms with Gasteiger partial charge >= 0.3 is 0 Å². The van der Waals surface area contributed by atoms with Crippen molar-refractivity contribution in [3.63, 3.8) is 0 Å². The molecule has 0 radical (unpaired) electrons. The third kappa shape index (κ3) is 6.62. The van der Waals surface area contributed by atoms with Gasteiger partial charge in [0.25, 0.3) is 5.91 Å². The Labute approximate surface area is 190 Å². The molecule has 1 heterocycles.